The van der Waals surface area contributed by atoms with Gasteiger partial charge in [-0.3, -0.25) is 4.79 Å². The number of rotatable bonds is 5. The molecule has 0 aromatic heterocycles. The number of anilines is 1. The molecule has 1 unspecified atom stereocenters. The summed E-state index contributed by atoms with van der Waals surface area (Å²) in [5.41, 5.74) is -0.805. The van der Waals surface area contributed by atoms with E-state index in [2.05, 4.69) is 0 Å². The molecule has 5 nitrogen and oxygen atoms in total. The van der Waals surface area contributed by atoms with Crippen LogP contribution >= 0.6 is 0 Å². The highest BCUT2D eigenvalue weighted by Crippen LogP contribution is 2.46. The lowest BCUT2D eigenvalue weighted by molar-refractivity contribution is -0.137. The number of likely N-dealkylation sites (tertiary alicyclic amines) is 1. The first-order chi connectivity index (χ1) is 15.8. The molecule has 3 aliphatic rings. The molecule has 1 atom stereocenters. The smallest absolute Gasteiger partial charge is 0.384 e. The quantitative estimate of drug-likeness (QED) is 0.627. The standard InChI is InChI=1S/C25H32F3N3O2/c1-33-16-20-15-31(23(32)12-18-4-2-3-5-18)17-24(20)8-10-30(11-9-24)21-7-6-19(14-29)22(13-21)25(26,27)28/h6-7,13,18,20H,2-5,8-12,15-17H2,1H3. The van der Waals surface area contributed by atoms with Gasteiger partial charge >= 0.3 is 6.18 Å². The van der Waals surface area contributed by atoms with Gasteiger partial charge in [0.1, 0.15) is 0 Å². The minimum absolute atomic E-state index is 0.0582. The van der Waals surface area contributed by atoms with Crippen molar-refractivity contribution in [2.24, 2.45) is 17.3 Å². The Morgan fingerprint density at radius 1 is 1.24 bits per heavy atom. The molecule has 2 aliphatic heterocycles. The highest BCUT2D eigenvalue weighted by molar-refractivity contribution is 5.77. The zero-order chi connectivity index (χ0) is 23.6. The summed E-state index contributed by atoms with van der Waals surface area (Å²) in [5.74, 6) is 0.990. The number of piperidine rings is 1. The number of hydrogen-bond acceptors (Lipinski definition) is 4. The molecule has 2 heterocycles. The molecule has 180 valence electrons. The molecule has 33 heavy (non-hydrogen) atoms. The molecular formula is C25H32F3N3O2. The van der Waals surface area contributed by atoms with Crippen molar-refractivity contribution in [2.75, 3.05) is 44.8 Å². The third kappa shape index (κ3) is 4.98. The molecule has 1 aliphatic carbocycles. The predicted molar refractivity (Wildman–Crippen MR) is 119 cm³/mol. The van der Waals surface area contributed by atoms with Crippen LogP contribution in [0.15, 0.2) is 18.2 Å². The number of amides is 1. The number of benzene rings is 1. The summed E-state index contributed by atoms with van der Waals surface area (Å²) in [6.07, 6.45) is 2.40. The Balaban J connectivity index is 1.45. The van der Waals surface area contributed by atoms with Crippen LogP contribution in [0.4, 0.5) is 18.9 Å². The molecule has 0 bridgehead atoms. The molecule has 1 aromatic rings. The fraction of sp³-hybridized carbons (Fsp3) is 0.680. The van der Waals surface area contributed by atoms with Crippen LogP contribution in [0.1, 0.15) is 56.1 Å². The van der Waals surface area contributed by atoms with Gasteiger partial charge in [0.25, 0.3) is 0 Å². The topological polar surface area (TPSA) is 56.6 Å². The minimum Gasteiger partial charge on any atom is -0.384 e. The SMILES string of the molecule is COCC1CN(C(=O)CC2CCCC2)CC12CCN(c1ccc(C#N)c(C(F)(F)F)c1)CC2. The number of carbonyl (C=O) groups excluding carboxylic acids is 1. The van der Waals surface area contributed by atoms with E-state index in [-0.39, 0.29) is 22.8 Å². The number of methoxy groups -OCH3 is 1. The van der Waals surface area contributed by atoms with Gasteiger partial charge in [-0.2, -0.15) is 18.4 Å². The monoisotopic (exact) mass is 463 g/mol. The Hall–Kier alpha value is -2.27. The maximum atomic E-state index is 13.4. The molecule has 2 saturated heterocycles. The van der Waals surface area contributed by atoms with Crippen molar-refractivity contribution in [2.45, 2.75) is 51.1 Å². The average molecular weight is 464 g/mol. The van der Waals surface area contributed by atoms with E-state index in [0.29, 0.717) is 50.8 Å². The Morgan fingerprint density at radius 3 is 2.55 bits per heavy atom. The molecule has 4 rings (SSSR count). The van der Waals surface area contributed by atoms with E-state index in [4.69, 9.17) is 10.00 Å². The number of alkyl halides is 3. The van der Waals surface area contributed by atoms with Gasteiger partial charge in [0.15, 0.2) is 0 Å². The van der Waals surface area contributed by atoms with Crippen LogP contribution in [-0.2, 0) is 15.7 Å². The van der Waals surface area contributed by atoms with Crippen LogP contribution in [0.2, 0.25) is 0 Å². The van der Waals surface area contributed by atoms with Crippen molar-refractivity contribution < 1.29 is 22.7 Å². The predicted octanol–water partition coefficient (Wildman–Crippen LogP) is 4.85. The van der Waals surface area contributed by atoms with Crippen molar-refractivity contribution >= 4 is 11.6 Å². The maximum absolute atomic E-state index is 13.4. The lowest BCUT2D eigenvalue weighted by Crippen LogP contribution is -2.45. The molecular weight excluding hydrogens is 431 g/mol. The fourth-order valence-electron chi connectivity index (χ4n) is 6.08. The molecule has 1 spiro atoms. The first-order valence-corrected chi connectivity index (χ1v) is 11.9. The third-order valence-electron chi connectivity index (χ3n) is 8.02. The maximum Gasteiger partial charge on any atom is 0.417 e. The minimum atomic E-state index is -4.56. The Labute approximate surface area is 193 Å². The number of hydrogen-bond donors (Lipinski definition) is 0. The van der Waals surface area contributed by atoms with Crippen LogP contribution in [-0.4, -0.2) is 50.7 Å². The van der Waals surface area contributed by atoms with E-state index in [1.807, 2.05) is 9.80 Å². The van der Waals surface area contributed by atoms with Gasteiger partial charge in [-0.15, -0.1) is 0 Å². The summed E-state index contributed by atoms with van der Waals surface area (Å²) in [4.78, 5) is 17.0. The Kier molecular flexibility index (Phi) is 6.90. The van der Waals surface area contributed by atoms with Gasteiger partial charge in [-0.05, 0) is 55.2 Å². The molecule has 1 aromatic carbocycles. The number of halogens is 3. The first kappa shape index (κ1) is 23.9. The van der Waals surface area contributed by atoms with Crippen LogP contribution < -0.4 is 4.90 Å². The lowest BCUT2D eigenvalue weighted by atomic mass is 9.71. The number of nitrogens with zero attached hydrogens (tertiary/aromatic N) is 3. The molecule has 0 N–H and O–H groups in total. The van der Waals surface area contributed by atoms with E-state index in [1.165, 1.54) is 18.9 Å². The average Bonchev–Trinajstić information content (AvgIpc) is 3.42. The van der Waals surface area contributed by atoms with Gasteiger partial charge in [0.2, 0.25) is 5.91 Å². The third-order valence-corrected chi connectivity index (χ3v) is 8.02. The van der Waals surface area contributed by atoms with E-state index in [1.54, 1.807) is 19.2 Å². The molecule has 1 amide bonds. The van der Waals surface area contributed by atoms with Crippen LogP contribution in [0.5, 0.6) is 0 Å². The summed E-state index contributed by atoms with van der Waals surface area (Å²) in [7, 11) is 1.68. The summed E-state index contributed by atoms with van der Waals surface area (Å²) >= 11 is 0. The Morgan fingerprint density at radius 2 is 1.94 bits per heavy atom. The van der Waals surface area contributed by atoms with Gasteiger partial charge in [-0.25, -0.2) is 0 Å². The molecule has 1 saturated carbocycles. The van der Waals surface area contributed by atoms with E-state index >= 15 is 0 Å². The van der Waals surface area contributed by atoms with Crippen molar-refractivity contribution in [1.29, 1.82) is 5.26 Å². The van der Waals surface area contributed by atoms with Gasteiger partial charge in [0.05, 0.1) is 23.8 Å². The van der Waals surface area contributed by atoms with E-state index < -0.39 is 11.7 Å². The van der Waals surface area contributed by atoms with Gasteiger partial charge in [-0.1, -0.05) is 12.8 Å². The number of ether oxygens (including phenoxy) is 1. The second kappa shape index (κ2) is 9.54. The second-order valence-corrected chi connectivity index (χ2v) is 9.97. The summed E-state index contributed by atoms with van der Waals surface area (Å²) < 4.78 is 45.7. The first-order valence-electron chi connectivity index (χ1n) is 11.9. The van der Waals surface area contributed by atoms with Gasteiger partial charge in [0, 0.05) is 51.3 Å². The zero-order valence-electron chi connectivity index (χ0n) is 19.2. The van der Waals surface area contributed by atoms with E-state index in [9.17, 15) is 18.0 Å². The van der Waals surface area contributed by atoms with Crippen molar-refractivity contribution in [3.63, 3.8) is 0 Å². The van der Waals surface area contributed by atoms with Crippen molar-refractivity contribution in [3.05, 3.63) is 29.3 Å². The highest BCUT2D eigenvalue weighted by atomic mass is 19.4. The van der Waals surface area contributed by atoms with Crippen molar-refractivity contribution in [3.8, 4) is 6.07 Å². The van der Waals surface area contributed by atoms with Crippen LogP contribution in [0.25, 0.3) is 0 Å². The molecule has 0 radical (unpaired) electrons. The van der Waals surface area contributed by atoms with Crippen LogP contribution in [0.3, 0.4) is 0 Å². The normalized spacial score (nSPS) is 23.3. The summed E-state index contributed by atoms with van der Waals surface area (Å²) in [6.45, 7) is 3.24. The largest absolute Gasteiger partial charge is 0.417 e. The second-order valence-electron chi connectivity index (χ2n) is 9.97. The Bertz CT molecular complexity index is 897. The summed E-state index contributed by atoms with van der Waals surface area (Å²) in [5, 5.41) is 9.05. The van der Waals surface area contributed by atoms with Gasteiger partial charge < -0.3 is 14.5 Å². The molecule has 8 heteroatoms. The highest BCUT2D eigenvalue weighted by Gasteiger charge is 2.49. The zero-order valence-corrected chi connectivity index (χ0v) is 19.2. The number of carbonyl (C=O) groups is 1. The number of nitriles is 1. The molecule has 3 fully saturated rings. The van der Waals surface area contributed by atoms with Crippen molar-refractivity contribution in [1.82, 2.24) is 4.90 Å². The van der Waals surface area contributed by atoms with E-state index in [0.717, 1.165) is 31.7 Å². The van der Waals surface area contributed by atoms with Crippen LogP contribution in [0, 0.1) is 28.6 Å². The fourth-order valence-corrected chi connectivity index (χ4v) is 6.08. The lowest BCUT2D eigenvalue weighted by Gasteiger charge is -2.43. The summed E-state index contributed by atoms with van der Waals surface area (Å²) in [6, 6.07) is 5.60.